The molecule has 1 aromatic rings. The molecule has 2 aliphatic heterocycles. The lowest BCUT2D eigenvalue weighted by Crippen LogP contribution is -2.46. The molecular formula is C13H17BrN2OS. The molecule has 5 heteroatoms. The number of piperidine rings is 1. The minimum atomic E-state index is 0.0781. The highest BCUT2D eigenvalue weighted by atomic mass is 79.9. The van der Waals surface area contributed by atoms with Crippen molar-refractivity contribution in [3.8, 4) is 0 Å². The SMILES string of the molecule is O=C(NC1CCN2CCCCC12)c1sccc1Br. The second kappa shape index (κ2) is 5.31. The second-order valence-corrected chi connectivity index (χ2v) is 6.84. The number of nitrogens with one attached hydrogen (secondary N) is 1. The van der Waals surface area contributed by atoms with Gasteiger partial charge in [0.2, 0.25) is 0 Å². The second-order valence-electron chi connectivity index (χ2n) is 5.07. The summed E-state index contributed by atoms with van der Waals surface area (Å²) >= 11 is 4.92. The van der Waals surface area contributed by atoms with Crippen LogP contribution in [0.15, 0.2) is 15.9 Å². The van der Waals surface area contributed by atoms with Gasteiger partial charge in [-0.25, -0.2) is 0 Å². The first kappa shape index (κ1) is 12.6. The van der Waals surface area contributed by atoms with E-state index in [1.54, 1.807) is 0 Å². The van der Waals surface area contributed by atoms with Crippen LogP contribution in [0.3, 0.4) is 0 Å². The third kappa shape index (κ3) is 2.36. The van der Waals surface area contributed by atoms with Crippen LogP contribution in [0.2, 0.25) is 0 Å². The molecule has 2 aliphatic rings. The van der Waals surface area contributed by atoms with Crippen LogP contribution in [0.25, 0.3) is 0 Å². The standard InChI is InChI=1S/C13H17BrN2OS/c14-9-5-8-18-12(9)13(17)15-10-4-7-16-6-2-1-3-11(10)16/h5,8,10-11H,1-4,6-7H2,(H,15,17). The number of hydrogen-bond acceptors (Lipinski definition) is 3. The van der Waals surface area contributed by atoms with Crippen molar-refractivity contribution in [1.29, 1.82) is 0 Å². The van der Waals surface area contributed by atoms with Gasteiger partial charge in [-0.2, -0.15) is 0 Å². The van der Waals surface area contributed by atoms with Gasteiger partial charge in [0.15, 0.2) is 0 Å². The summed E-state index contributed by atoms with van der Waals surface area (Å²) in [6, 6.07) is 2.84. The Kier molecular flexibility index (Phi) is 3.73. The summed E-state index contributed by atoms with van der Waals surface area (Å²) in [7, 11) is 0. The molecule has 2 fully saturated rings. The van der Waals surface area contributed by atoms with E-state index in [4.69, 9.17) is 0 Å². The number of carbonyl (C=O) groups excluding carboxylic acids is 1. The molecule has 2 atom stereocenters. The number of fused-ring (bicyclic) bond motifs is 1. The average Bonchev–Trinajstić information content (AvgIpc) is 2.97. The molecule has 0 spiro atoms. The van der Waals surface area contributed by atoms with Gasteiger partial charge in [-0.05, 0) is 53.2 Å². The van der Waals surface area contributed by atoms with Crippen LogP contribution in [0.1, 0.15) is 35.4 Å². The van der Waals surface area contributed by atoms with E-state index in [9.17, 15) is 4.79 Å². The Morgan fingerprint density at radius 3 is 3.06 bits per heavy atom. The van der Waals surface area contributed by atoms with Crippen molar-refractivity contribution in [2.75, 3.05) is 13.1 Å². The number of halogens is 1. The topological polar surface area (TPSA) is 32.3 Å². The number of carbonyl (C=O) groups is 1. The summed E-state index contributed by atoms with van der Waals surface area (Å²) in [6.07, 6.45) is 4.94. The zero-order chi connectivity index (χ0) is 12.5. The van der Waals surface area contributed by atoms with Crippen molar-refractivity contribution in [3.63, 3.8) is 0 Å². The number of hydrogen-bond donors (Lipinski definition) is 1. The van der Waals surface area contributed by atoms with E-state index in [0.29, 0.717) is 12.1 Å². The van der Waals surface area contributed by atoms with Crippen molar-refractivity contribution < 1.29 is 4.79 Å². The van der Waals surface area contributed by atoms with Crippen molar-refractivity contribution in [1.82, 2.24) is 10.2 Å². The van der Waals surface area contributed by atoms with E-state index in [0.717, 1.165) is 22.3 Å². The zero-order valence-electron chi connectivity index (χ0n) is 10.2. The molecule has 0 aromatic carbocycles. The minimum absolute atomic E-state index is 0.0781. The van der Waals surface area contributed by atoms with E-state index in [2.05, 4.69) is 26.1 Å². The van der Waals surface area contributed by atoms with E-state index >= 15 is 0 Å². The minimum Gasteiger partial charge on any atom is -0.347 e. The quantitative estimate of drug-likeness (QED) is 0.905. The molecule has 18 heavy (non-hydrogen) atoms. The zero-order valence-corrected chi connectivity index (χ0v) is 12.6. The highest BCUT2D eigenvalue weighted by Crippen LogP contribution is 2.28. The van der Waals surface area contributed by atoms with Gasteiger partial charge in [-0.3, -0.25) is 9.69 Å². The Morgan fingerprint density at radius 2 is 2.28 bits per heavy atom. The van der Waals surface area contributed by atoms with Crippen LogP contribution in [0.5, 0.6) is 0 Å². The van der Waals surface area contributed by atoms with Gasteiger partial charge in [-0.15, -0.1) is 11.3 Å². The summed E-state index contributed by atoms with van der Waals surface area (Å²) in [4.78, 5) is 15.5. The van der Waals surface area contributed by atoms with Gasteiger partial charge < -0.3 is 5.32 Å². The molecular weight excluding hydrogens is 312 g/mol. The van der Waals surface area contributed by atoms with Gasteiger partial charge >= 0.3 is 0 Å². The maximum atomic E-state index is 12.2. The Morgan fingerprint density at radius 1 is 1.39 bits per heavy atom. The number of nitrogens with zero attached hydrogens (tertiary/aromatic N) is 1. The molecule has 3 heterocycles. The molecule has 1 amide bonds. The molecule has 0 aliphatic carbocycles. The van der Waals surface area contributed by atoms with Gasteiger partial charge in [-0.1, -0.05) is 6.42 Å². The third-order valence-corrected chi connectivity index (χ3v) is 5.83. The highest BCUT2D eigenvalue weighted by molar-refractivity contribution is 9.10. The lowest BCUT2D eigenvalue weighted by Gasteiger charge is -2.32. The first-order chi connectivity index (χ1) is 8.75. The predicted octanol–water partition coefficient (Wildman–Crippen LogP) is 2.87. The van der Waals surface area contributed by atoms with Crippen LogP contribution >= 0.6 is 27.3 Å². The van der Waals surface area contributed by atoms with E-state index in [-0.39, 0.29) is 5.91 Å². The molecule has 2 unspecified atom stereocenters. The number of rotatable bonds is 2. The maximum absolute atomic E-state index is 12.2. The lowest BCUT2D eigenvalue weighted by atomic mass is 9.99. The molecule has 0 bridgehead atoms. The summed E-state index contributed by atoms with van der Waals surface area (Å²) in [5.74, 6) is 0.0781. The Labute approximate surface area is 120 Å². The fraction of sp³-hybridized carbons (Fsp3) is 0.615. The van der Waals surface area contributed by atoms with Crippen LogP contribution in [0, 0.1) is 0 Å². The largest absolute Gasteiger partial charge is 0.347 e. The van der Waals surface area contributed by atoms with Crippen molar-refractivity contribution in [2.24, 2.45) is 0 Å². The molecule has 3 nitrogen and oxygen atoms in total. The van der Waals surface area contributed by atoms with E-state index < -0.39 is 0 Å². The molecule has 0 saturated carbocycles. The molecule has 2 saturated heterocycles. The molecule has 3 rings (SSSR count). The molecule has 98 valence electrons. The third-order valence-electron chi connectivity index (χ3n) is 4.00. The Balaban J connectivity index is 1.66. The fourth-order valence-electron chi connectivity index (χ4n) is 3.11. The smallest absolute Gasteiger partial charge is 0.262 e. The first-order valence-electron chi connectivity index (χ1n) is 6.53. The number of amides is 1. The van der Waals surface area contributed by atoms with E-state index in [1.807, 2.05) is 11.4 Å². The van der Waals surface area contributed by atoms with Crippen molar-refractivity contribution in [3.05, 3.63) is 20.8 Å². The van der Waals surface area contributed by atoms with Crippen LogP contribution < -0.4 is 5.32 Å². The van der Waals surface area contributed by atoms with Crippen LogP contribution in [-0.4, -0.2) is 36.0 Å². The van der Waals surface area contributed by atoms with Gasteiger partial charge in [0.05, 0.1) is 0 Å². The van der Waals surface area contributed by atoms with Gasteiger partial charge in [0.1, 0.15) is 4.88 Å². The first-order valence-corrected chi connectivity index (χ1v) is 8.21. The maximum Gasteiger partial charge on any atom is 0.262 e. The number of thiophene rings is 1. The monoisotopic (exact) mass is 328 g/mol. The van der Waals surface area contributed by atoms with Crippen molar-refractivity contribution in [2.45, 2.75) is 37.8 Å². The summed E-state index contributed by atoms with van der Waals surface area (Å²) in [5, 5.41) is 5.17. The molecule has 0 radical (unpaired) electrons. The summed E-state index contributed by atoms with van der Waals surface area (Å²) in [5.41, 5.74) is 0. The van der Waals surface area contributed by atoms with Gasteiger partial charge in [0.25, 0.3) is 5.91 Å². The highest BCUT2D eigenvalue weighted by Gasteiger charge is 2.36. The van der Waals surface area contributed by atoms with Crippen LogP contribution in [-0.2, 0) is 0 Å². The Bertz CT molecular complexity index is 448. The van der Waals surface area contributed by atoms with E-state index in [1.165, 1.54) is 37.1 Å². The lowest BCUT2D eigenvalue weighted by molar-refractivity contribution is 0.0919. The average molecular weight is 329 g/mol. The van der Waals surface area contributed by atoms with Crippen molar-refractivity contribution >= 4 is 33.2 Å². The normalized spacial score (nSPS) is 28.1. The molecule has 1 aromatic heterocycles. The fourth-order valence-corrected chi connectivity index (χ4v) is 4.56. The molecule has 1 N–H and O–H groups in total. The Hall–Kier alpha value is -0.390. The van der Waals surface area contributed by atoms with Gasteiger partial charge in [0, 0.05) is 23.1 Å². The summed E-state index contributed by atoms with van der Waals surface area (Å²) in [6.45, 7) is 2.35. The predicted molar refractivity (Wildman–Crippen MR) is 77.1 cm³/mol. The van der Waals surface area contributed by atoms with Crippen LogP contribution in [0.4, 0.5) is 0 Å². The summed E-state index contributed by atoms with van der Waals surface area (Å²) < 4.78 is 0.906.